The van der Waals surface area contributed by atoms with Crippen LogP contribution < -0.4 is 0 Å². The van der Waals surface area contributed by atoms with E-state index in [9.17, 15) is 8.78 Å². The molecule has 2 aromatic rings. The van der Waals surface area contributed by atoms with Crippen molar-refractivity contribution in [1.82, 2.24) is 9.80 Å². The van der Waals surface area contributed by atoms with Crippen LogP contribution in [0.5, 0.6) is 0 Å². The lowest BCUT2D eigenvalue weighted by molar-refractivity contribution is 0.0892. The van der Waals surface area contributed by atoms with Gasteiger partial charge in [0.15, 0.2) is 0 Å². The Kier molecular flexibility index (Phi) is 6.47. The van der Waals surface area contributed by atoms with Gasteiger partial charge >= 0.3 is 0 Å². The van der Waals surface area contributed by atoms with E-state index in [-0.39, 0.29) is 11.6 Å². The third-order valence-corrected chi connectivity index (χ3v) is 6.25. The Morgan fingerprint density at radius 3 is 2.52 bits per heavy atom. The summed E-state index contributed by atoms with van der Waals surface area (Å²) in [7, 11) is 0. The van der Waals surface area contributed by atoms with E-state index in [1.165, 1.54) is 36.0 Å². The molecule has 0 radical (unpaired) electrons. The zero-order chi connectivity index (χ0) is 20.2. The van der Waals surface area contributed by atoms with Gasteiger partial charge in [0.1, 0.15) is 17.5 Å². The average molecular weight is 418 g/mol. The van der Waals surface area contributed by atoms with Crippen molar-refractivity contribution in [3.05, 3.63) is 53.6 Å². The third kappa shape index (κ3) is 4.79. The molecule has 0 unspecified atom stereocenters. The van der Waals surface area contributed by atoms with E-state index in [2.05, 4.69) is 16.7 Å². The molecule has 4 nitrogen and oxygen atoms in total. The maximum atomic E-state index is 14.1. The van der Waals surface area contributed by atoms with Gasteiger partial charge in [-0.3, -0.25) is 4.90 Å². The van der Waals surface area contributed by atoms with E-state index < -0.39 is 0 Å². The van der Waals surface area contributed by atoms with Gasteiger partial charge in [0.05, 0.1) is 12.3 Å². The van der Waals surface area contributed by atoms with Crippen LogP contribution in [0.3, 0.4) is 0 Å². The van der Waals surface area contributed by atoms with Gasteiger partial charge in [0.2, 0.25) is 0 Å². The van der Waals surface area contributed by atoms with Crippen LogP contribution in [0.4, 0.5) is 14.5 Å². The number of halogens is 2. The number of hydrogen-bond acceptors (Lipinski definition) is 5. The van der Waals surface area contributed by atoms with Crippen molar-refractivity contribution in [3.63, 3.8) is 0 Å². The third-order valence-electron chi connectivity index (χ3n) is 5.12. The Balaban J connectivity index is 1.56. The fourth-order valence-electron chi connectivity index (χ4n) is 3.59. The average Bonchev–Trinajstić information content (AvgIpc) is 2.88. The quantitative estimate of drug-likeness (QED) is 0.667. The first-order chi connectivity index (χ1) is 14.1. The summed E-state index contributed by atoms with van der Waals surface area (Å²) in [5.74, 6) is 0.178. The topological polar surface area (TPSA) is 28.1 Å². The first-order valence-corrected chi connectivity index (χ1v) is 10.9. The number of aliphatic imine (C=N–C) groups is 1. The normalized spacial score (nSPS) is 16.8. The van der Waals surface area contributed by atoms with Gasteiger partial charge in [0.25, 0.3) is 0 Å². The second-order valence-electron chi connectivity index (χ2n) is 7.23. The monoisotopic (exact) mass is 417 g/mol. The maximum absolute atomic E-state index is 14.1. The highest BCUT2D eigenvalue weighted by Gasteiger charge is 2.26. The highest BCUT2D eigenvalue weighted by atomic mass is 32.2. The lowest BCUT2D eigenvalue weighted by Gasteiger charge is -2.36. The molecule has 0 bridgehead atoms. The zero-order valence-electron chi connectivity index (χ0n) is 16.5. The zero-order valence-corrected chi connectivity index (χ0v) is 17.4. The lowest BCUT2D eigenvalue weighted by atomic mass is 10.1. The first kappa shape index (κ1) is 20.3. The Bertz CT molecular complexity index is 898. The van der Waals surface area contributed by atoms with Crippen molar-refractivity contribution in [2.45, 2.75) is 23.1 Å². The number of nitrogens with zero attached hydrogens (tertiary/aromatic N) is 3. The highest BCUT2D eigenvalue weighted by molar-refractivity contribution is 7.99. The van der Waals surface area contributed by atoms with Crippen molar-refractivity contribution in [2.75, 3.05) is 45.9 Å². The fraction of sp³-hybridized carbons (Fsp3) is 0.409. The summed E-state index contributed by atoms with van der Waals surface area (Å²) in [6.45, 7) is 8.01. The molecule has 2 aromatic carbocycles. The van der Waals surface area contributed by atoms with Gasteiger partial charge in [-0.25, -0.2) is 13.8 Å². The molecule has 0 atom stereocenters. The molecule has 0 aliphatic carbocycles. The van der Waals surface area contributed by atoms with E-state index >= 15 is 0 Å². The summed E-state index contributed by atoms with van der Waals surface area (Å²) >= 11 is 1.44. The number of piperazine rings is 1. The van der Waals surface area contributed by atoms with E-state index in [1.54, 1.807) is 12.1 Å². The Morgan fingerprint density at radius 1 is 0.966 bits per heavy atom. The summed E-state index contributed by atoms with van der Waals surface area (Å²) in [6.07, 6.45) is 1.03. The number of fused-ring (bicyclic) bond motifs is 2. The minimum Gasteiger partial charge on any atom is -0.380 e. The van der Waals surface area contributed by atoms with Crippen LogP contribution >= 0.6 is 11.8 Å². The van der Waals surface area contributed by atoms with E-state index in [4.69, 9.17) is 9.73 Å². The van der Waals surface area contributed by atoms with E-state index in [0.717, 1.165) is 79.2 Å². The maximum Gasteiger partial charge on any atom is 0.137 e. The Labute approximate surface area is 174 Å². The standard InChI is InChI=1S/C22H25F2N3OS/c1-2-12-28-13-11-26-7-9-27(10-8-26)22-18-14-16(23)4-6-20(18)29-21-15-17(24)3-5-19(21)25-22/h3-6,14-15H,2,7-13H2,1H3. The van der Waals surface area contributed by atoms with Crippen molar-refractivity contribution in [1.29, 1.82) is 0 Å². The van der Waals surface area contributed by atoms with Crippen molar-refractivity contribution >= 4 is 23.3 Å². The summed E-state index contributed by atoms with van der Waals surface area (Å²) in [4.78, 5) is 11.1. The van der Waals surface area contributed by atoms with Crippen LogP contribution in [-0.4, -0.2) is 61.6 Å². The predicted octanol–water partition coefficient (Wildman–Crippen LogP) is 4.55. The minimum atomic E-state index is -0.294. The van der Waals surface area contributed by atoms with Crippen molar-refractivity contribution in [2.24, 2.45) is 4.99 Å². The summed E-state index contributed by atoms with van der Waals surface area (Å²) in [6, 6.07) is 9.35. The molecule has 1 fully saturated rings. The molecule has 0 aromatic heterocycles. The van der Waals surface area contributed by atoms with Crippen LogP contribution in [0.15, 0.2) is 51.2 Å². The molecule has 0 spiro atoms. The van der Waals surface area contributed by atoms with Gasteiger partial charge in [-0.15, -0.1) is 0 Å². The molecule has 2 heterocycles. The number of rotatable bonds is 5. The molecule has 2 aliphatic rings. The number of benzene rings is 2. The van der Waals surface area contributed by atoms with E-state index in [1.807, 2.05) is 0 Å². The Morgan fingerprint density at radius 2 is 1.72 bits per heavy atom. The molecule has 0 saturated carbocycles. The van der Waals surface area contributed by atoms with Gasteiger partial charge in [0, 0.05) is 54.7 Å². The molecular weight excluding hydrogens is 392 g/mol. The predicted molar refractivity (Wildman–Crippen MR) is 112 cm³/mol. The molecular formula is C22H25F2N3OS. The summed E-state index contributed by atoms with van der Waals surface area (Å²) in [5.41, 5.74) is 1.49. The van der Waals surface area contributed by atoms with Crippen LogP contribution in [0.1, 0.15) is 18.9 Å². The minimum absolute atomic E-state index is 0.291. The van der Waals surface area contributed by atoms with Crippen molar-refractivity contribution < 1.29 is 13.5 Å². The largest absolute Gasteiger partial charge is 0.380 e. The van der Waals surface area contributed by atoms with Crippen LogP contribution in [0.2, 0.25) is 0 Å². The SMILES string of the molecule is CCCOCCN1CCN(C2=Nc3ccc(F)cc3Sc3ccc(F)cc32)CC1. The molecule has 7 heteroatoms. The highest BCUT2D eigenvalue weighted by Crippen LogP contribution is 2.41. The number of ether oxygens (including phenoxy) is 1. The smallest absolute Gasteiger partial charge is 0.137 e. The van der Waals surface area contributed by atoms with Gasteiger partial charge in [-0.1, -0.05) is 18.7 Å². The lowest BCUT2D eigenvalue weighted by Crippen LogP contribution is -2.49. The molecule has 4 rings (SSSR count). The fourth-order valence-corrected chi connectivity index (χ4v) is 4.61. The second kappa shape index (κ2) is 9.24. The first-order valence-electron chi connectivity index (χ1n) is 10.0. The molecule has 0 amide bonds. The van der Waals surface area contributed by atoms with Crippen LogP contribution in [-0.2, 0) is 4.74 Å². The van der Waals surface area contributed by atoms with Gasteiger partial charge < -0.3 is 9.64 Å². The summed E-state index contributed by atoms with van der Waals surface area (Å²) in [5, 5.41) is 0. The van der Waals surface area contributed by atoms with Crippen molar-refractivity contribution in [3.8, 4) is 0 Å². The molecule has 1 saturated heterocycles. The van der Waals surface area contributed by atoms with Gasteiger partial charge in [-0.2, -0.15) is 0 Å². The molecule has 154 valence electrons. The second-order valence-corrected chi connectivity index (χ2v) is 8.31. The molecule has 2 aliphatic heterocycles. The van der Waals surface area contributed by atoms with E-state index in [0.29, 0.717) is 0 Å². The number of amidine groups is 1. The molecule has 0 N–H and O–H groups in total. The summed E-state index contributed by atoms with van der Waals surface area (Å²) < 4.78 is 33.4. The van der Waals surface area contributed by atoms with Gasteiger partial charge in [-0.05, 0) is 42.8 Å². The Hall–Kier alpha value is -1.96. The van der Waals surface area contributed by atoms with Crippen LogP contribution in [0, 0.1) is 11.6 Å². The van der Waals surface area contributed by atoms with Crippen LogP contribution in [0.25, 0.3) is 0 Å². The molecule has 29 heavy (non-hydrogen) atoms. The number of hydrogen-bond donors (Lipinski definition) is 0.